The summed E-state index contributed by atoms with van der Waals surface area (Å²) in [6.45, 7) is 18.5. The van der Waals surface area contributed by atoms with Crippen LogP contribution >= 0.6 is 98.8 Å². The van der Waals surface area contributed by atoms with Crippen molar-refractivity contribution in [1.82, 2.24) is 69.4 Å². The summed E-state index contributed by atoms with van der Waals surface area (Å²) in [5.41, 5.74) is 6.51. The van der Waals surface area contributed by atoms with Crippen molar-refractivity contribution in [3.05, 3.63) is 97.5 Å². The van der Waals surface area contributed by atoms with E-state index in [1.807, 2.05) is 11.2 Å². The lowest BCUT2D eigenvalue weighted by atomic mass is 10.3. The molecule has 530 valence electrons. The molecular formula is C47H64Cl5F6N20O13PS3. The van der Waals surface area contributed by atoms with E-state index in [2.05, 4.69) is 159 Å². The van der Waals surface area contributed by atoms with Crippen LogP contribution in [0.2, 0.25) is 10.3 Å². The van der Waals surface area contributed by atoms with Crippen LogP contribution in [-0.2, 0) is 23.6 Å². The molecule has 0 bridgehead atoms. The molecule has 0 aliphatic heterocycles. The Morgan fingerprint density at radius 3 is 1.44 bits per heavy atom. The number of aromatic amines is 2. The number of hydrazine groups is 2. The molecule has 13 N–H and O–H groups in total. The maximum Gasteiger partial charge on any atom is 0.339 e. The number of anilines is 1. The molecule has 0 spiro atoms. The number of ether oxygens (including phenoxy) is 8. The van der Waals surface area contributed by atoms with E-state index in [1.165, 1.54) is 17.4 Å². The van der Waals surface area contributed by atoms with Crippen molar-refractivity contribution in [2.24, 2.45) is 23.3 Å². The number of rotatable bonds is 17. The van der Waals surface area contributed by atoms with Crippen LogP contribution in [0, 0.1) is 45.6 Å². The second kappa shape index (κ2) is 56.5. The van der Waals surface area contributed by atoms with Gasteiger partial charge in [-0.2, -0.15) is 62.5 Å². The predicted octanol–water partition coefficient (Wildman–Crippen LogP) is 9.08. The van der Waals surface area contributed by atoms with Crippen LogP contribution in [0.1, 0.15) is 68.7 Å². The quantitative estimate of drug-likeness (QED) is 0.00392. The standard InChI is InChI=1S/C7H7FN4OS.C6H6Cl2N2O.2C6H6F2N2O.C6H9FN4O.C6H8N2O3.C6H10O3.C3H8N2O.CS2.Cl3OP.H4N2/c1-2-13-6-9-3-4(8)5-10-11-7(14)12(5)6;3*1-2-11-6-9-4(7)3-5(8)10-6;1-2-12-6-9-3-4(7)5(10-6)11-8;1-2-11-6-7-4(9)3-5(10)8-6;1-3-9-6(8)4-5(2)7;1-2-6-3(4)5;2-1-3;1-5(2,3)4;1-2/h3H,2H2,1H3,(H,11,14);3*3H,2H2,1H3;3H,2,8H2,1H3,(H,9,10,11);3H,2H2,1H3,(H2,7,8,9,10);3-4H2,1-2H3;2H2,1H3,(H3,4,5);;;1-2H2. The fourth-order valence-electron chi connectivity index (χ4n) is 4.64. The van der Waals surface area contributed by atoms with Gasteiger partial charge in [-0.25, -0.2) is 29.0 Å². The number of Topliss-reactive ketones (excluding diaryl/α,β-unsaturated/α-hetero) is 1. The van der Waals surface area contributed by atoms with Crippen LogP contribution in [0.3, 0.4) is 0 Å². The van der Waals surface area contributed by atoms with E-state index in [4.69, 9.17) is 76.5 Å². The third kappa shape index (κ3) is 51.2. The highest BCUT2D eigenvalue weighted by atomic mass is 36.0. The van der Waals surface area contributed by atoms with Crippen LogP contribution in [0.25, 0.3) is 5.65 Å². The molecule has 0 atom stereocenters. The van der Waals surface area contributed by atoms with Crippen molar-refractivity contribution in [3.63, 3.8) is 0 Å². The average molecular weight is 1540 g/mol. The number of amidine groups is 1. The van der Waals surface area contributed by atoms with Gasteiger partial charge >= 0.3 is 41.2 Å². The second-order valence-electron chi connectivity index (χ2n) is 14.4. The van der Waals surface area contributed by atoms with Crippen LogP contribution in [0.15, 0.2) is 41.5 Å². The molecule has 0 amide bonds. The molecule has 0 aliphatic rings. The number of ketones is 1. The van der Waals surface area contributed by atoms with Crippen molar-refractivity contribution in [2.45, 2.75) is 68.7 Å². The number of halogens is 11. The first-order valence-corrected chi connectivity index (χ1v) is 32.1. The molecule has 33 nitrogen and oxygen atoms in total. The number of carbonyl (C=O) groups is 2. The Balaban J connectivity index is -0.000000491. The minimum absolute atomic E-state index is 0.0394. The number of esters is 1. The molecule has 95 heavy (non-hydrogen) atoms. The van der Waals surface area contributed by atoms with Gasteiger partial charge in [-0.1, -0.05) is 23.2 Å². The Hall–Kier alpha value is -7.86. The first kappa shape index (κ1) is 93.5. The molecular weight excluding hydrogens is 1470 g/mol. The minimum Gasteiger partial charge on any atom is -0.493 e. The van der Waals surface area contributed by atoms with E-state index >= 15 is 0 Å². The van der Waals surface area contributed by atoms with Crippen LogP contribution < -0.4 is 62.7 Å². The van der Waals surface area contributed by atoms with Gasteiger partial charge in [0.2, 0.25) is 40.1 Å². The summed E-state index contributed by atoms with van der Waals surface area (Å²) in [4.78, 5) is 68.3. The molecule has 0 unspecified atom stereocenters. The van der Waals surface area contributed by atoms with E-state index in [-0.39, 0.29) is 99.9 Å². The second-order valence-corrected chi connectivity index (χ2v) is 22.9. The van der Waals surface area contributed by atoms with E-state index in [0.717, 1.165) is 18.5 Å². The molecule has 0 saturated heterocycles. The van der Waals surface area contributed by atoms with Gasteiger partial charge in [0, 0.05) is 22.5 Å². The molecule has 7 rings (SSSR count). The van der Waals surface area contributed by atoms with Crippen LogP contribution in [-0.4, -0.2) is 149 Å². The number of hydrogen-bond donors (Lipinski definition) is 9. The molecule has 0 radical (unpaired) electrons. The molecule has 0 aliphatic carbocycles. The van der Waals surface area contributed by atoms with E-state index in [0.29, 0.717) is 51.8 Å². The van der Waals surface area contributed by atoms with Gasteiger partial charge in [-0.05, 0) is 133 Å². The summed E-state index contributed by atoms with van der Waals surface area (Å²) in [6.07, 6.45) is 1.94. The Labute approximate surface area is 577 Å². The summed E-state index contributed by atoms with van der Waals surface area (Å²) in [6, 6.07) is 3.43. The molecule has 7 aromatic heterocycles. The minimum atomic E-state index is -3.22. The summed E-state index contributed by atoms with van der Waals surface area (Å²) >= 11 is 37.8. The van der Waals surface area contributed by atoms with Crippen molar-refractivity contribution >= 4 is 132 Å². The molecule has 48 heteroatoms. The third-order valence-corrected chi connectivity index (χ3v) is 8.17. The number of aromatic nitrogens is 14. The van der Waals surface area contributed by atoms with Gasteiger partial charge in [0.15, 0.2) is 17.5 Å². The van der Waals surface area contributed by atoms with Crippen molar-refractivity contribution in [2.75, 3.05) is 58.3 Å². The zero-order valence-electron chi connectivity index (χ0n) is 51.2. The van der Waals surface area contributed by atoms with Crippen molar-refractivity contribution < 1.29 is 83.5 Å². The fourth-order valence-corrected chi connectivity index (χ4v) is 5.25. The zero-order valence-corrected chi connectivity index (χ0v) is 58.3. The maximum absolute atomic E-state index is 13.2. The third-order valence-electron chi connectivity index (χ3n) is 7.51. The van der Waals surface area contributed by atoms with Gasteiger partial charge in [-0.15, -0.1) is 0 Å². The number of aromatic hydroxyl groups is 1. The fraction of sp³-hybridized carbons (Fsp3) is 0.383. The monoisotopic (exact) mass is 1530 g/mol. The Morgan fingerprint density at radius 1 is 0.663 bits per heavy atom. The Bertz CT molecular complexity index is 3360. The number of thiocarbonyl (C=S) groups is 2. The number of hydrogen-bond acceptors (Lipinski definition) is 32. The number of fused-ring (bicyclic) bond motifs is 1. The summed E-state index contributed by atoms with van der Waals surface area (Å²) < 4.78 is 126. The lowest BCUT2D eigenvalue weighted by Gasteiger charge is -2.03. The van der Waals surface area contributed by atoms with Crippen molar-refractivity contribution in [3.8, 4) is 41.9 Å². The lowest BCUT2D eigenvalue weighted by molar-refractivity contribution is -0.145. The Kier molecular flexibility index (Phi) is 55.6. The number of carbonyl (C=O) groups excluding carboxylic acids is 2. The van der Waals surface area contributed by atoms with E-state index in [9.17, 15) is 45.3 Å². The van der Waals surface area contributed by atoms with Crippen LogP contribution in [0.5, 0.6) is 41.9 Å². The van der Waals surface area contributed by atoms with Gasteiger partial charge in [-0.3, -0.25) is 46.1 Å². The highest BCUT2D eigenvalue weighted by Crippen LogP contribution is 2.61. The van der Waals surface area contributed by atoms with E-state index < -0.39 is 52.2 Å². The molecule has 0 aromatic carbocycles. The smallest absolute Gasteiger partial charge is 0.339 e. The van der Waals surface area contributed by atoms with Crippen LogP contribution in [0.4, 0.5) is 32.2 Å². The summed E-state index contributed by atoms with van der Waals surface area (Å²) in [5, 5.41) is 18.8. The predicted molar refractivity (Wildman–Crippen MR) is 347 cm³/mol. The normalized spacial score (nSPS) is 9.34. The van der Waals surface area contributed by atoms with Gasteiger partial charge < -0.3 is 54.2 Å². The highest BCUT2D eigenvalue weighted by Gasteiger charge is 2.11. The number of nitrogen functional groups attached to an aromatic ring is 1. The number of nitrogens with zero attached hydrogens (tertiary/aromatic N) is 12. The average Bonchev–Trinajstić information content (AvgIpc) is 1.67. The summed E-state index contributed by atoms with van der Waals surface area (Å²) in [7, 11) is 0. The molecule has 7 heterocycles. The first-order valence-electron chi connectivity index (χ1n) is 25.7. The van der Waals surface area contributed by atoms with Crippen molar-refractivity contribution in [1.29, 1.82) is 5.41 Å². The van der Waals surface area contributed by atoms with E-state index in [1.54, 1.807) is 48.5 Å². The SMILES string of the molecule is CCOC(=N)N.CCOC(=O)CC(C)=O.CCOc1nc(Cl)cc(Cl)n1.CCOc1nc(F)cc(F)n1.CCOc1nc(F)cc(F)n1.CCOc1nc(O)cc(=O)[nH]1.CCOc1ncc(F)c(NN)n1.CCOc1ncc(F)c2n[nH]c(=S)n12.NN.O=P(Cl)(Cl)Cl.S=C=S. The first-order chi connectivity index (χ1) is 44.7. The number of H-pyrrole nitrogens is 2. The zero-order chi connectivity index (χ0) is 73.6. The number of nitrogens with one attached hydrogen (secondary N) is 4. The molecule has 0 saturated carbocycles. The highest BCUT2D eigenvalue weighted by molar-refractivity contribution is 8.24. The van der Waals surface area contributed by atoms with Gasteiger partial charge in [0.1, 0.15) is 22.5 Å². The van der Waals surface area contributed by atoms with Gasteiger partial charge in [0.05, 0.1) is 71.3 Å². The largest absolute Gasteiger partial charge is 0.493 e. The topological polar surface area (TPSA) is 480 Å². The summed E-state index contributed by atoms with van der Waals surface area (Å²) in [5.74, 6) is 7.10. The molecule has 7 aromatic rings. The van der Waals surface area contributed by atoms with Gasteiger partial charge in [0.25, 0.3) is 17.6 Å². The number of nitrogens with two attached hydrogens (primary N) is 4. The Morgan fingerprint density at radius 2 is 1.07 bits per heavy atom. The molecule has 0 fully saturated rings. The lowest BCUT2D eigenvalue weighted by Crippen LogP contribution is -2.13. The maximum atomic E-state index is 13.2.